The van der Waals surface area contributed by atoms with E-state index in [9.17, 15) is 14.4 Å². The number of carbonyl (C=O) groups excluding carboxylic acids is 3. The van der Waals surface area contributed by atoms with Gasteiger partial charge in [-0.05, 0) is 93.0 Å². The number of amides is 2. The van der Waals surface area contributed by atoms with Crippen molar-refractivity contribution in [3.05, 3.63) is 95.6 Å². The molecular weight excluding hydrogens is 584 g/mol. The molecule has 6 heteroatoms. The quantitative estimate of drug-likeness (QED) is 0.172. The Morgan fingerprint density at radius 3 is 1.94 bits per heavy atom. The van der Waals surface area contributed by atoms with Crippen LogP contribution in [0.15, 0.2) is 78.9 Å². The smallest absolute Gasteiger partial charge is 0.307 e. The number of esters is 1. The standard InChI is InChI=1S/C41H56N2O4/c1-10-30(33-24-25-35(28(2)26-33)32-20-15-12-16-21-32)22-17-23-34(27-36(44)47-41(7,8)9)38(45)43-37(40(4,5)6)39(46)42-29(3)31-18-13-11-14-19-31/h11-16,18-21,24-26,29-30,34,37H,10,17,22-23,27H2,1-9H3,(H,42,46)(H,43,45)/t29-,30?,34?,37-/m1/s1. The molecule has 254 valence electrons. The van der Waals surface area contributed by atoms with Crippen molar-refractivity contribution in [2.75, 3.05) is 0 Å². The van der Waals surface area contributed by atoms with Crippen molar-refractivity contribution in [1.82, 2.24) is 10.6 Å². The molecule has 0 aliphatic carbocycles. The monoisotopic (exact) mass is 640 g/mol. The summed E-state index contributed by atoms with van der Waals surface area (Å²) in [6.07, 6.45) is 3.09. The molecule has 2 amide bonds. The number of ether oxygens (including phenoxy) is 1. The first-order valence-electron chi connectivity index (χ1n) is 17.1. The maximum Gasteiger partial charge on any atom is 0.307 e. The second kappa shape index (κ2) is 16.8. The normalized spacial score (nSPS) is 14.4. The van der Waals surface area contributed by atoms with Crippen molar-refractivity contribution in [2.45, 2.75) is 118 Å². The van der Waals surface area contributed by atoms with E-state index in [4.69, 9.17) is 4.74 Å². The van der Waals surface area contributed by atoms with Gasteiger partial charge in [-0.15, -0.1) is 0 Å². The highest BCUT2D eigenvalue weighted by Crippen LogP contribution is 2.32. The second-order valence-electron chi connectivity index (χ2n) is 14.9. The van der Waals surface area contributed by atoms with E-state index >= 15 is 0 Å². The Morgan fingerprint density at radius 1 is 0.766 bits per heavy atom. The summed E-state index contributed by atoms with van der Waals surface area (Å²) in [7, 11) is 0. The summed E-state index contributed by atoms with van der Waals surface area (Å²) in [6, 6.07) is 25.9. The minimum atomic E-state index is -0.781. The number of aryl methyl sites for hydroxylation is 1. The molecule has 6 nitrogen and oxygen atoms in total. The second-order valence-corrected chi connectivity index (χ2v) is 14.9. The Kier molecular flexibility index (Phi) is 13.4. The lowest BCUT2D eigenvalue weighted by Crippen LogP contribution is -2.55. The molecule has 2 N–H and O–H groups in total. The number of benzene rings is 3. The third kappa shape index (κ3) is 11.7. The van der Waals surface area contributed by atoms with Gasteiger partial charge < -0.3 is 15.4 Å². The number of rotatable bonds is 14. The Bertz CT molecular complexity index is 1450. The van der Waals surface area contributed by atoms with E-state index < -0.39 is 28.9 Å². The van der Waals surface area contributed by atoms with E-state index in [0.717, 1.165) is 24.8 Å². The van der Waals surface area contributed by atoms with E-state index in [-0.39, 0.29) is 24.3 Å². The predicted molar refractivity (Wildman–Crippen MR) is 192 cm³/mol. The minimum Gasteiger partial charge on any atom is -0.460 e. The molecule has 0 saturated heterocycles. The van der Waals surface area contributed by atoms with Crippen molar-refractivity contribution in [3.63, 3.8) is 0 Å². The van der Waals surface area contributed by atoms with Crippen LogP contribution in [0, 0.1) is 18.3 Å². The van der Waals surface area contributed by atoms with Gasteiger partial charge in [-0.2, -0.15) is 0 Å². The molecule has 0 aromatic heterocycles. The first-order valence-corrected chi connectivity index (χ1v) is 17.1. The van der Waals surface area contributed by atoms with E-state index in [0.29, 0.717) is 12.3 Å². The number of hydrogen-bond acceptors (Lipinski definition) is 4. The highest BCUT2D eigenvalue weighted by atomic mass is 16.6. The molecule has 3 rings (SSSR count). The van der Waals surface area contributed by atoms with Crippen LogP contribution in [0.25, 0.3) is 11.1 Å². The summed E-state index contributed by atoms with van der Waals surface area (Å²) >= 11 is 0. The van der Waals surface area contributed by atoms with E-state index in [1.54, 1.807) is 0 Å². The summed E-state index contributed by atoms with van der Waals surface area (Å²) in [5.74, 6) is -1.25. The molecule has 3 aromatic rings. The van der Waals surface area contributed by atoms with Gasteiger partial charge in [0.1, 0.15) is 11.6 Å². The van der Waals surface area contributed by atoms with Gasteiger partial charge in [-0.3, -0.25) is 14.4 Å². The molecule has 0 heterocycles. The Balaban J connectivity index is 1.74. The predicted octanol–water partition coefficient (Wildman–Crippen LogP) is 9.08. The third-order valence-electron chi connectivity index (χ3n) is 8.68. The molecule has 0 radical (unpaired) electrons. The van der Waals surface area contributed by atoms with Gasteiger partial charge in [-0.1, -0.05) is 113 Å². The first-order chi connectivity index (χ1) is 22.1. The van der Waals surface area contributed by atoms with Crippen LogP contribution in [0.2, 0.25) is 0 Å². The zero-order valence-corrected chi connectivity index (χ0v) is 30.0. The van der Waals surface area contributed by atoms with Crippen LogP contribution in [0.5, 0.6) is 0 Å². The highest BCUT2D eigenvalue weighted by Gasteiger charge is 2.36. The molecular formula is C41H56N2O4. The molecule has 2 unspecified atom stereocenters. The van der Waals surface area contributed by atoms with E-state index in [2.05, 4.69) is 66.9 Å². The number of hydrogen-bond donors (Lipinski definition) is 2. The average Bonchev–Trinajstić information content (AvgIpc) is 3.00. The lowest BCUT2D eigenvalue weighted by Gasteiger charge is -2.33. The fourth-order valence-corrected chi connectivity index (χ4v) is 6.07. The molecule has 47 heavy (non-hydrogen) atoms. The van der Waals surface area contributed by atoms with E-state index in [1.165, 1.54) is 22.3 Å². The van der Waals surface area contributed by atoms with Gasteiger partial charge >= 0.3 is 5.97 Å². The van der Waals surface area contributed by atoms with Crippen LogP contribution < -0.4 is 10.6 Å². The van der Waals surface area contributed by atoms with Crippen LogP contribution in [0.3, 0.4) is 0 Å². The zero-order valence-electron chi connectivity index (χ0n) is 30.0. The minimum absolute atomic E-state index is 0.0380. The molecule has 3 aromatic carbocycles. The molecule has 0 fully saturated rings. The number of carbonyl (C=O) groups is 3. The summed E-state index contributed by atoms with van der Waals surface area (Å²) in [5.41, 5.74) is 4.74. The van der Waals surface area contributed by atoms with Crippen molar-refractivity contribution >= 4 is 17.8 Å². The SMILES string of the molecule is CCC(CCCC(CC(=O)OC(C)(C)C)C(=O)N[C@H](C(=O)N[C@H](C)c1ccccc1)C(C)(C)C)c1ccc(-c2ccccc2)c(C)c1. The average molecular weight is 641 g/mol. The lowest BCUT2D eigenvalue weighted by atomic mass is 9.84. The van der Waals surface area contributed by atoms with Crippen LogP contribution in [0.4, 0.5) is 0 Å². The molecule has 4 atom stereocenters. The fourth-order valence-electron chi connectivity index (χ4n) is 6.07. The van der Waals surface area contributed by atoms with Gasteiger partial charge in [0.25, 0.3) is 0 Å². The Morgan fingerprint density at radius 2 is 1.38 bits per heavy atom. The molecule has 0 bridgehead atoms. The van der Waals surface area contributed by atoms with Crippen LogP contribution >= 0.6 is 0 Å². The van der Waals surface area contributed by atoms with Crippen molar-refractivity contribution < 1.29 is 19.1 Å². The van der Waals surface area contributed by atoms with Crippen LogP contribution in [-0.2, 0) is 19.1 Å². The topological polar surface area (TPSA) is 84.5 Å². The molecule has 0 aliphatic heterocycles. The molecule has 0 spiro atoms. The zero-order chi connectivity index (χ0) is 34.8. The highest BCUT2D eigenvalue weighted by molar-refractivity contribution is 5.90. The van der Waals surface area contributed by atoms with Gasteiger partial charge in [-0.25, -0.2) is 0 Å². The van der Waals surface area contributed by atoms with Crippen molar-refractivity contribution in [1.29, 1.82) is 0 Å². The molecule has 0 saturated carbocycles. The Labute approximate surface area is 283 Å². The first kappa shape index (κ1) is 37.5. The van der Waals surface area contributed by atoms with Crippen LogP contribution in [0.1, 0.15) is 116 Å². The number of nitrogens with one attached hydrogen (secondary N) is 2. The largest absolute Gasteiger partial charge is 0.460 e. The van der Waals surface area contributed by atoms with Gasteiger partial charge in [0.15, 0.2) is 0 Å². The summed E-state index contributed by atoms with van der Waals surface area (Å²) in [6.45, 7) is 17.6. The fraction of sp³-hybridized carbons (Fsp3) is 0.488. The molecule has 0 aliphatic rings. The van der Waals surface area contributed by atoms with Crippen LogP contribution in [-0.4, -0.2) is 29.4 Å². The van der Waals surface area contributed by atoms with Gasteiger partial charge in [0.2, 0.25) is 11.8 Å². The van der Waals surface area contributed by atoms with E-state index in [1.807, 2.05) is 84.9 Å². The summed E-state index contributed by atoms with van der Waals surface area (Å²) < 4.78 is 5.62. The lowest BCUT2D eigenvalue weighted by molar-refractivity contribution is -0.157. The maximum atomic E-state index is 13.9. The maximum absolute atomic E-state index is 13.9. The third-order valence-corrected chi connectivity index (χ3v) is 8.68. The van der Waals surface area contributed by atoms with Crippen molar-refractivity contribution in [2.24, 2.45) is 11.3 Å². The summed E-state index contributed by atoms with van der Waals surface area (Å²) in [4.78, 5) is 40.4. The van der Waals surface area contributed by atoms with Gasteiger partial charge in [0, 0.05) is 5.92 Å². The summed E-state index contributed by atoms with van der Waals surface area (Å²) in [5, 5.41) is 6.11. The van der Waals surface area contributed by atoms with Gasteiger partial charge in [0.05, 0.1) is 12.5 Å². The Hall–Kier alpha value is -3.93. The van der Waals surface area contributed by atoms with Crippen molar-refractivity contribution in [3.8, 4) is 11.1 Å².